The SMILES string of the molecule is CN(C)c1cc(-c2cccc(O)c2)c(O)c2c1C[C@H]1C[C@H]3[C@H](N(C)C)C(=O)C(C(N)=O)=C(O)[C@@]3(O)C(=O)C1=C2O. The van der Waals surface area contributed by atoms with Gasteiger partial charge >= 0.3 is 0 Å². The van der Waals surface area contributed by atoms with Crippen molar-refractivity contribution in [2.24, 2.45) is 17.6 Å². The third-order valence-electron chi connectivity index (χ3n) is 8.34. The van der Waals surface area contributed by atoms with Gasteiger partial charge in [0.15, 0.2) is 11.4 Å². The van der Waals surface area contributed by atoms with Crippen LogP contribution in [0.5, 0.6) is 11.5 Å². The highest BCUT2D eigenvalue weighted by Gasteiger charge is 2.64. The molecule has 4 atom stereocenters. The van der Waals surface area contributed by atoms with Gasteiger partial charge in [-0.3, -0.25) is 19.3 Å². The van der Waals surface area contributed by atoms with Crippen LogP contribution in [0.25, 0.3) is 16.9 Å². The van der Waals surface area contributed by atoms with Gasteiger partial charge in [0.25, 0.3) is 5.91 Å². The molecule has 3 aliphatic rings. The Hall–Kier alpha value is -4.35. The maximum Gasteiger partial charge on any atom is 0.255 e. The van der Waals surface area contributed by atoms with E-state index in [4.69, 9.17) is 5.73 Å². The van der Waals surface area contributed by atoms with Crippen LogP contribution in [0.4, 0.5) is 5.69 Å². The van der Waals surface area contributed by atoms with Gasteiger partial charge in [-0.25, -0.2) is 0 Å². The number of amides is 1. The lowest BCUT2D eigenvalue weighted by molar-refractivity contribution is -0.153. The largest absolute Gasteiger partial charge is 0.508 e. The molecule has 40 heavy (non-hydrogen) atoms. The lowest BCUT2D eigenvalue weighted by Gasteiger charge is -2.50. The van der Waals surface area contributed by atoms with Crippen molar-refractivity contribution < 1.29 is 39.9 Å². The third kappa shape index (κ3) is 3.61. The highest BCUT2D eigenvalue weighted by atomic mass is 16.3. The third-order valence-corrected chi connectivity index (χ3v) is 8.34. The number of Topliss-reactive ketones (excluding diaryl/α,β-unsaturated/α-hetero) is 2. The number of carbonyl (C=O) groups is 3. The average Bonchev–Trinajstić information content (AvgIpc) is 2.85. The van der Waals surface area contributed by atoms with E-state index in [1.165, 1.54) is 17.0 Å². The Kier molecular flexibility index (Phi) is 6.20. The summed E-state index contributed by atoms with van der Waals surface area (Å²) in [6.45, 7) is 0. The molecule has 1 fully saturated rings. The summed E-state index contributed by atoms with van der Waals surface area (Å²) in [4.78, 5) is 42.7. The first-order chi connectivity index (χ1) is 18.7. The van der Waals surface area contributed by atoms with Crippen molar-refractivity contribution in [1.82, 2.24) is 4.90 Å². The fraction of sp³-hybridized carbons (Fsp3) is 0.345. The zero-order valence-corrected chi connectivity index (χ0v) is 22.5. The van der Waals surface area contributed by atoms with Crippen molar-refractivity contribution in [2.75, 3.05) is 33.1 Å². The van der Waals surface area contributed by atoms with E-state index >= 15 is 0 Å². The molecule has 3 aliphatic carbocycles. The highest BCUT2D eigenvalue weighted by Crippen LogP contribution is 2.55. The minimum Gasteiger partial charge on any atom is -0.508 e. The average molecular weight is 550 g/mol. The molecule has 0 radical (unpaired) electrons. The summed E-state index contributed by atoms with van der Waals surface area (Å²) >= 11 is 0. The predicted molar refractivity (Wildman–Crippen MR) is 146 cm³/mol. The zero-order chi connectivity index (χ0) is 29.4. The zero-order valence-electron chi connectivity index (χ0n) is 22.5. The van der Waals surface area contributed by atoms with Crippen LogP contribution in [0.3, 0.4) is 0 Å². The molecule has 2 aromatic rings. The van der Waals surface area contributed by atoms with Crippen molar-refractivity contribution in [2.45, 2.75) is 24.5 Å². The van der Waals surface area contributed by atoms with Crippen molar-refractivity contribution in [3.63, 3.8) is 0 Å². The molecule has 11 heteroatoms. The number of hydrogen-bond acceptors (Lipinski definition) is 10. The van der Waals surface area contributed by atoms with Crippen molar-refractivity contribution in [3.05, 3.63) is 58.4 Å². The van der Waals surface area contributed by atoms with Crippen molar-refractivity contribution in [3.8, 4) is 22.6 Å². The first-order valence-electron chi connectivity index (χ1n) is 12.7. The number of primary amides is 1. The van der Waals surface area contributed by atoms with Gasteiger partial charge in [0.05, 0.1) is 11.6 Å². The molecule has 11 nitrogen and oxygen atoms in total. The molecule has 5 rings (SSSR count). The van der Waals surface area contributed by atoms with Gasteiger partial charge in [0.2, 0.25) is 5.78 Å². The van der Waals surface area contributed by atoms with Crippen LogP contribution >= 0.6 is 0 Å². The molecule has 7 N–H and O–H groups in total. The van der Waals surface area contributed by atoms with Crippen LogP contribution in [0.15, 0.2) is 47.2 Å². The number of nitrogens with two attached hydrogens (primary N) is 1. The molecule has 1 saturated carbocycles. The van der Waals surface area contributed by atoms with Gasteiger partial charge in [-0.1, -0.05) is 12.1 Å². The standard InChI is InChI=1S/C29H31N3O8/c1-31(2)18-11-15(12-6-5-7-14(33)8-12)23(34)20-16(18)9-13-10-17-22(32(3)4)25(36)21(28(30)39)27(38)29(17,40)26(37)19(13)24(20)35/h5-8,11,13,17,22,33-35,38,40H,9-10H2,1-4H3,(H2,30,39)/t13-,17-,22-,29-/m0/s1. The number of ketones is 2. The summed E-state index contributed by atoms with van der Waals surface area (Å²) in [5.74, 6) is -7.04. The smallest absolute Gasteiger partial charge is 0.255 e. The quantitative estimate of drug-likeness (QED) is 0.305. The molecular weight excluding hydrogens is 518 g/mol. The Morgan fingerprint density at radius 3 is 2.30 bits per heavy atom. The Labute approximate surface area is 230 Å². The molecule has 2 aromatic carbocycles. The second-order valence-corrected chi connectivity index (χ2v) is 11.1. The fourth-order valence-electron chi connectivity index (χ4n) is 6.58. The molecule has 0 aromatic heterocycles. The molecule has 0 saturated heterocycles. The Bertz CT molecular complexity index is 1560. The number of rotatable bonds is 4. The number of phenols is 2. The van der Waals surface area contributed by atoms with Crippen LogP contribution < -0.4 is 10.6 Å². The highest BCUT2D eigenvalue weighted by molar-refractivity contribution is 6.24. The predicted octanol–water partition coefficient (Wildman–Crippen LogP) is 1.40. The first-order valence-corrected chi connectivity index (χ1v) is 12.7. The second-order valence-electron chi connectivity index (χ2n) is 11.1. The van der Waals surface area contributed by atoms with Crippen LogP contribution in [0.2, 0.25) is 0 Å². The summed E-state index contributed by atoms with van der Waals surface area (Å²) in [6.07, 6.45) is 0.184. The molecule has 0 unspecified atom stereocenters. The number of hydrogen-bond donors (Lipinski definition) is 6. The summed E-state index contributed by atoms with van der Waals surface area (Å²) < 4.78 is 0. The Morgan fingerprint density at radius 1 is 1.05 bits per heavy atom. The summed E-state index contributed by atoms with van der Waals surface area (Å²) in [5.41, 5.74) is 3.53. The lowest BCUT2D eigenvalue weighted by atomic mass is 9.57. The Balaban J connectivity index is 1.78. The number of phenolic OH excluding ortho intramolecular Hbond substituents is 2. The van der Waals surface area contributed by atoms with Crippen molar-refractivity contribution >= 4 is 28.9 Å². The van der Waals surface area contributed by atoms with Gasteiger partial charge in [0.1, 0.15) is 28.6 Å². The molecule has 0 aliphatic heterocycles. The number of benzene rings is 2. The van der Waals surface area contributed by atoms with E-state index in [0.29, 0.717) is 22.4 Å². The minimum atomic E-state index is -2.70. The number of aliphatic hydroxyl groups is 3. The number of aromatic hydroxyl groups is 2. The van der Waals surface area contributed by atoms with E-state index in [1.54, 1.807) is 51.3 Å². The van der Waals surface area contributed by atoms with Crippen molar-refractivity contribution in [1.29, 1.82) is 0 Å². The van der Waals surface area contributed by atoms with E-state index < -0.39 is 58.0 Å². The van der Waals surface area contributed by atoms with Crippen LogP contribution in [-0.4, -0.2) is 87.7 Å². The number of aliphatic hydroxyl groups excluding tert-OH is 2. The second kappa shape index (κ2) is 9.10. The molecule has 0 spiro atoms. The van der Waals surface area contributed by atoms with Gasteiger partial charge in [0, 0.05) is 36.8 Å². The van der Waals surface area contributed by atoms with Gasteiger partial charge in [-0.15, -0.1) is 0 Å². The van der Waals surface area contributed by atoms with E-state index in [1.807, 2.05) is 0 Å². The summed E-state index contributed by atoms with van der Waals surface area (Å²) in [7, 11) is 6.68. The van der Waals surface area contributed by atoms with E-state index in [9.17, 15) is 39.9 Å². The van der Waals surface area contributed by atoms with Gasteiger partial charge in [-0.05, 0) is 62.2 Å². The topological polar surface area (TPSA) is 185 Å². The normalized spacial score (nSPS) is 26.0. The van der Waals surface area contributed by atoms with E-state index in [-0.39, 0.29) is 35.5 Å². The van der Waals surface area contributed by atoms with Crippen LogP contribution in [-0.2, 0) is 20.8 Å². The number of fused-ring (bicyclic) bond motifs is 3. The number of likely N-dealkylation sites (N-methyl/N-ethyl adjacent to an activating group) is 1. The summed E-state index contributed by atoms with van der Waals surface area (Å²) in [6, 6.07) is 6.78. The maximum atomic E-state index is 14.0. The summed E-state index contributed by atoms with van der Waals surface area (Å²) in [5, 5.41) is 55.8. The van der Waals surface area contributed by atoms with Crippen LogP contribution in [0, 0.1) is 11.8 Å². The fourth-order valence-corrected chi connectivity index (χ4v) is 6.58. The minimum absolute atomic E-state index is 0.00764. The lowest BCUT2D eigenvalue weighted by Crippen LogP contribution is -2.65. The number of carbonyl (C=O) groups excluding carboxylic acids is 3. The molecule has 1 amide bonds. The molecule has 0 bridgehead atoms. The molecular formula is C29H31N3O8. The number of nitrogens with zero attached hydrogens (tertiary/aromatic N) is 2. The molecule has 210 valence electrons. The van der Waals surface area contributed by atoms with Gasteiger partial charge < -0.3 is 36.2 Å². The maximum absolute atomic E-state index is 14.0. The van der Waals surface area contributed by atoms with E-state index in [2.05, 4.69) is 0 Å². The first kappa shape index (κ1) is 27.2. The molecule has 0 heterocycles. The van der Waals surface area contributed by atoms with Gasteiger partial charge in [-0.2, -0.15) is 0 Å². The van der Waals surface area contributed by atoms with Crippen LogP contribution in [0.1, 0.15) is 17.5 Å². The number of anilines is 1. The monoisotopic (exact) mass is 549 g/mol. The Morgan fingerprint density at radius 2 is 1.73 bits per heavy atom. The van der Waals surface area contributed by atoms with E-state index in [0.717, 1.165) is 0 Å².